The SMILES string of the molecule is Cc1cc(C(=O)COC(=O)[C@H](C)N=C2NS(=O)(=O)c3ccccc32)c(C)n1C. The van der Waals surface area contributed by atoms with Crippen molar-refractivity contribution in [3.63, 3.8) is 0 Å². The minimum absolute atomic E-state index is 0.0842. The maximum Gasteiger partial charge on any atom is 0.331 e. The van der Waals surface area contributed by atoms with Gasteiger partial charge in [0.05, 0.1) is 4.90 Å². The van der Waals surface area contributed by atoms with E-state index in [0.29, 0.717) is 11.1 Å². The average Bonchev–Trinajstić information content (AvgIpc) is 3.07. The van der Waals surface area contributed by atoms with Gasteiger partial charge in [-0.25, -0.2) is 13.2 Å². The van der Waals surface area contributed by atoms with Gasteiger partial charge in [0.2, 0.25) is 5.78 Å². The fraction of sp³-hybridized carbons (Fsp3) is 0.316. The van der Waals surface area contributed by atoms with Gasteiger partial charge in [-0.15, -0.1) is 0 Å². The van der Waals surface area contributed by atoms with Gasteiger partial charge in [0.15, 0.2) is 6.61 Å². The quantitative estimate of drug-likeness (QED) is 0.601. The molecular formula is C19H21N3O5S. The van der Waals surface area contributed by atoms with Crippen LogP contribution < -0.4 is 4.72 Å². The number of aliphatic imine (C=N–C) groups is 1. The van der Waals surface area contributed by atoms with Gasteiger partial charge < -0.3 is 9.30 Å². The molecule has 1 aromatic heterocycles. The first-order valence-corrected chi connectivity index (χ1v) is 10.1. The number of hydrogen-bond acceptors (Lipinski definition) is 6. The molecular weight excluding hydrogens is 382 g/mol. The van der Waals surface area contributed by atoms with E-state index in [1.165, 1.54) is 13.0 Å². The van der Waals surface area contributed by atoms with E-state index in [-0.39, 0.29) is 16.5 Å². The molecule has 2 heterocycles. The van der Waals surface area contributed by atoms with Crippen LogP contribution in [0.25, 0.3) is 0 Å². The predicted octanol–water partition coefficient (Wildman–Crippen LogP) is 1.50. The van der Waals surface area contributed by atoms with Crippen molar-refractivity contribution in [2.75, 3.05) is 6.61 Å². The summed E-state index contributed by atoms with van der Waals surface area (Å²) in [5.41, 5.74) is 2.63. The number of hydrogen-bond donors (Lipinski definition) is 1. The Morgan fingerprint density at radius 2 is 1.93 bits per heavy atom. The summed E-state index contributed by atoms with van der Waals surface area (Å²) >= 11 is 0. The summed E-state index contributed by atoms with van der Waals surface area (Å²) in [4.78, 5) is 28.8. The molecule has 0 fully saturated rings. The van der Waals surface area contributed by atoms with Gasteiger partial charge in [-0.1, -0.05) is 12.1 Å². The first-order valence-electron chi connectivity index (χ1n) is 8.64. The molecule has 1 N–H and O–H groups in total. The van der Waals surface area contributed by atoms with E-state index in [2.05, 4.69) is 9.71 Å². The molecule has 0 saturated carbocycles. The molecule has 0 saturated heterocycles. The van der Waals surface area contributed by atoms with E-state index in [0.717, 1.165) is 11.4 Å². The molecule has 1 atom stereocenters. The summed E-state index contributed by atoms with van der Waals surface area (Å²) in [6, 6.07) is 7.13. The molecule has 2 aromatic rings. The van der Waals surface area contributed by atoms with Gasteiger partial charge in [-0.3, -0.25) is 14.5 Å². The lowest BCUT2D eigenvalue weighted by Gasteiger charge is -2.09. The van der Waals surface area contributed by atoms with Crippen LogP contribution in [0.15, 0.2) is 40.2 Å². The monoisotopic (exact) mass is 403 g/mol. The Hall–Kier alpha value is -2.94. The van der Waals surface area contributed by atoms with E-state index in [1.807, 2.05) is 25.5 Å². The number of aryl methyl sites for hydroxylation is 1. The molecule has 28 heavy (non-hydrogen) atoms. The third-order valence-corrected chi connectivity index (χ3v) is 6.14. The molecule has 3 rings (SSSR count). The predicted molar refractivity (Wildman–Crippen MR) is 103 cm³/mol. The summed E-state index contributed by atoms with van der Waals surface area (Å²) in [6.07, 6.45) is 0. The number of carbonyl (C=O) groups is 2. The summed E-state index contributed by atoms with van der Waals surface area (Å²) in [5, 5.41) is 0. The number of nitrogens with one attached hydrogen (secondary N) is 1. The lowest BCUT2D eigenvalue weighted by molar-refractivity contribution is -0.143. The van der Waals surface area contributed by atoms with Gasteiger partial charge >= 0.3 is 5.97 Å². The number of ether oxygens (including phenoxy) is 1. The maximum absolute atomic E-state index is 12.3. The molecule has 1 aliphatic heterocycles. The Morgan fingerprint density at radius 3 is 2.57 bits per heavy atom. The first kappa shape index (κ1) is 19.8. The van der Waals surface area contributed by atoms with E-state index >= 15 is 0 Å². The van der Waals surface area contributed by atoms with Crippen molar-refractivity contribution in [3.05, 3.63) is 52.8 Å². The number of nitrogens with zero attached hydrogens (tertiary/aromatic N) is 2. The van der Waals surface area contributed by atoms with Crippen LogP contribution in [0, 0.1) is 13.8 Å². The highest BCUT2D eigenvalue weighted by atomic mass is 32.2. The van der Waals surface area contributed by atoms with Crippen LogP contribution in [0.2, 0.25) is 0 Å². The van der Waals surface area contributed by atoms with Crippen molar-refractivity contribution < 1.29 is 22.7 Å². The second kappa shape index (κ2) is 7.23. The molecule has 0 aliphatic carbocycles. The highest BCUT2D eigenvalue weighted by Crippen LogP contribution is 2.22. The zero-order valence-electron chi connectivity index (χ0n) is 16.0. The number of aromatic nitrogens is 1. The summed E-state index contributed by atoms with van der Waals surface area (Å²) in [6.45, 7) is 4.78. The van der Waals surface area contributed by atoms with Crippen molar-refractivity contribution in [2.24, 2.45) is 12.0 Å². The zero-order valence-corrected chi connectivity index (χ0v) is 16.8. The van der Waals surface area contributed by atoms with Crippen molar-refractivity contribution in [1.29, 1.82) is 0 Å². The Morgan fingerprint density at radius 1 is 1.25 bits per heavy atom. The number of sulfonamides is 1. The van der Waals surface area contributed by atoms with E-state index in [1.54, 1.807) is 24.3 Å². The van der Waals surface area contributed by atoms with Crippen LogP contribution in [0.3, 0.4) is 0 Å². The van der Waals surface area contributed by atoms with Crippen LogP contribution in [0.4, 0.5) is 0 Å². The number of amidine groups is 1. The largest absolute Gasteiger partial charge is 0.456 e. The molecule has 0 amide bonds. The van der Waals surface area contributed by atoms with Gasteiger partial charge in [-0.05, 0) is 39.0 Å². The van der Waals surface area contributed by atoms with Crippen LogP contribution in [-0.4, -0.2) is 43.2 Å². The minimum Gasteiger partial charge on any atom is -0.456 e. The Bertz CT molecular complexity index is 1100. The first-order chi connectivity index (χ1) is 13.1. The third kappa shape index (κ3) is 3.57. The highest BCUT2D eigenvalue weighted by Gasteiger charge is 2.31. The molecule has 0 radical (unpaired) electrons. The second-order valence-electron chi connectivity index (χ2n) is 6.63. The van der Waals surface area contributed by atoms with Crippen LogP contribution in [-0.2, 0) is 26.6 Å². The van der Waals surface area contributed by atoms with Gasteiger partial charge in [0.25, 0.3) is 10.0 Å². The molecule has 0 bridgehead atoms. The number of Topliss-reactive ketones (excluding diaryl/α,β-unsaturated/α-hetero) is 1. The lowest BCUT2D eigenvalue weighted by Crippen LogP contribution is -2.27. The topological polar surface area (TPSA) is 107 Å². The van der Waals surface area contributed by atoms with Gasteiger partial charge in [0.1, 0.15) is 11.9 Å². The van der Waals surface area contributed by atoms with E-state index in [4.69, 9.17) is 4.74 Å². The minimum atomic E-state index is -3.68. The van der Waals surface area contributed by atoms with Crippen LogP contribution in [0.1, 0.15) is 34.2 Å². The molecule has 0 unspecified atom stereocenters. The number of rotatable bonds is 5. The van der Waals surface area contributed by atoms with Crippen molar-refractivity contribution in [2.45, 2.75) is 31.7 Å². The Balaban J connectivity index is 1.70. The Kier molecular flexibility index (Phi) is 5.12. The number of ketones is 1. The summed E-state index contributed by atoms with van der Waals surface area (Å²) in [7, 11) is -1.83. The summed E-state index contributed by atoms with van der Waals surface area (Å²) in [5.74, 6) is -0.933. The number of benzene rings is 1. The fourth-order valence-electron chi connectivity index (χ4n) is 2.95. The van der Waals surface area contributed by atoms with Gasteiger partial charge in [-0.2, -0.15) is 0 Å². The molecule has 9 heteroatoms. The van der Waals surface area contributed by atoms with Crippen molar-refractivity contribution in [1.82, 2.24) is 9.29 Å². The fourth-order valence-corrected chi connectivity index (χ4v) is 4.19. The smallest absolute Gasteiger partial charge is 0.331 e. The molecule has 8 nitrogen and oxygen atoms in total. The van der Waals surface area contributed by atoms with Crippen molar-refractivity contribution in [3.8, 4) is 0 Å². The van der Waals surface area contributed by atoms with Crippen LogP contribution >= 0.6 is 0 Å². The summed E-state index contributed by atoms with van der Waals surface area (Å²) < 4.78 is 33.5. The lowest BCUT2D eigenvalue weighted by atomic mass is 10.1. The zero-order chi connectivity index (χ0) is 20.6. The van der Waals surface area contributed by atoms with Crippen molar-refractivity contribution >= 4 is 27.6 Å². The maximum atomic E-state index is 12.3. The standard InChI is InChI=1S/C19H21N3O5S/c1-11-9-15(13(3)22(11)4)16(23)10-27-19(24)12(2)20-18-14-7-5-6-8-17(14)28(25,26)21-18/h5-9,12H,10H2,1-4H3,(H,20,21)/t12-/m0/s1. The third-order valence-electron chi connectivity index (χ3n) is 4.75. The Labute approximate surface area is 163 Å². The average molecular weight is 403 g/mol. The highest BCUT2D eigenvalue weighted by molar-refractivity contribution is 7.90. The van der Waals surface area contributed by atoms with E-state index < -0.39 is 28.6 Å². The molecule has 0 spiro atoms. The normalized spacial score (nSPS) is 17.1. The molecule has 1 aliphatic rings. The molecule has 1 aromatic carbocycles. The van der Waals surface area contributed by atoms with Gasteiger partial charge in [0, 0.05) is 29.6 Å². The van der Waals surface area contributed by atoms with E-state index in [9.17, 15) is 18.0 Å². The molecule has 148 valence electrons. The second-order valence-corrected chi connectivity index (χ2v) is 8.28. The number of esters is 1. The van der Waals surface area contributed by atoms with Crippen LogP contribution in [0.5, 0.6) is 0 Å². The number of carbonyl (C=O) groups excluding carboxylic acids is 2. The number of fused-ring (bicyclic) bond motifs is 1.